The van der Waals surface area contributed by atoms with E-state index in [1.807, 2.05) is 0 Å². The van der Waals surface area contributed by atoms with Crippen molar-refractivity contribution in [1.29, 1.82) is 0 Å². The number of carbonyl (C=O) groups excluding carboxylic acids is 1. The van der Waals surface area contributed by atoms with Gasteiger partial charge in [0.15, 0.2) is 4.34 Å². The largest absolute Gasteiger partial charge is 0.353 e. The van der Waals surface area contributed by atoms with Crippen molar-refractivity contribution in [3.8, 4) is 0 Å². The van der Waals surface area contributed by atoms with E-state index in [2.05, 4.69) is 65.9 Å². The van der Waals surface area contributed by atoms with Gasteiger partial charge in [-0.3, -0.25) is 4.79 Å². The average molecular weight is 377 g/mol. The van der Waals surface area contributed by atoms with Crippen molar-refractivity contribution in [2.24, 2.45) is 5.92 Å². The summed E-state index contributed by atoms with van der Waals surface area (Å²) in [5.74, 6) is 1.65. The van der Waals surface area contributed by atoms with Crippen molar-refractivity contribution in [3.63, 3.8) is 0 Å². The number of aromatic nitrogens is 2. The van der Waals surface area contributed by atoms with Gasteiger partial charge in [0.05, 0.1) is 5.75 Å². The molecule has 0 aliphatic heterocycles. The van der Waals surface area contributed by atoms with Crippen molar-refractivity contribution in [2.75, 3.05) is 11.1 Å². The van der Waals surface area contributed by atoms with E-state index in [0.717, 1.165) is 15.2 Å². The van der Waals surface area contributed by atoms with Crippen molar-refractivity contribution < 1.29 is 4.79 Å². The van der Waals surface area contributed by atoms with Crippen LogP contribution in [0.3, 0.4) is 0 Å². The Bertz CT molecular complexity index is 710. The predicted octanol–water partition coefficient (Wildman–Crippen LogP) is 4.41. The topological polar surface area (TPSA) is 66.9 Å². The molecule has 2 aromatic rings. The van der Waals surface area contributed by atoms with Crippen LogP contribution in [0.15, 0.2) is 28.6 Å². The van der Waals surface area contributed by atoms with Gasteiger partial charge in [-0.1, -0.05) is 49.1 Å². The van der Waals surface area contributed by atoms with Crippen molar-refractivity contribution in [3.05, 3.63) is 29.8 Å². The number of benzene rings is 1. The Balaban J connectivity index is 1.47. The lowest BCUT2D eigenvalue weighted by Gasteiger charge is -2.11. The van der Waals surface area contributed by atoms with Crippen LogP contribution >= 0.6 is 23.1 Å². The van der Waals surface area contributed by atoms with Gasteiger partial charge in [0, 0.05) is 11.7 Å². The monoisotopic (exact) mass is 376 g/mol. The molecule has 2 N–H and O–H groups in total. The second-order valence-corrected chi connectivity index (χ2v) is 8.96. The number of nitrogens with one attached hydrogen (secondary N) is 2. The maximum atomic E-state index is 12.0. The minimum absolute atomic E-state index is 0.0679. The van der Waals surface area contributed by atoms with Gasteiger partial charge in [0.2, 0.25) is 11.0 Å². The Morgan fingerprint density at radius 1 is 1.24 bits per heavy atom. The predicted molar refractivity (Wildman–Crippen MR) is 105 cm³/mol. The molecule has 0 unspecified atom stereocenters. The number of rotatable bonds is 8. The quantitative estimate of drug-likeness (QED) is 0.668. The fraction of sp³-hybridized carbons (Fsp3) is 0.500. The normalized spacial score (nSPS) is 15.2. The van der Waals surface area contributed by atoms with E-state index in [9.17, 15) is 4.79 Å². The molecule has 1 saturated carbocycles. The Morgan fingerprint density at radius 3 is 2.60 bits per heavy atom. The van der Waals surface area contributed by atoms with Crippen LogP contribution in [0.25, 0.3) is 0 Å². The summed E-state index contributed by atoms with van der Waals surface area (Å²) in [6.07, 6.45) is 2.47. The van der Waals surface area contributed by atoms with Crippen LogP contribution in [-0.2, 0) is 4.79 Å². The molecule has 0 radical (unpaired) electrons. The molecule has 0 bridgehead atoms. The Hall–Kier alpha value is -1.60. The molecule has 1 aromatic carbocycles. The first-order chi connectivity index (χ1) is 12.0. The van der Waals surface area contributed by atoms with Gasteiger partial charge in [0.1, 0.15) is 0 Å². The fourth-order valence-electron chi connectivity index (χ4n) is 2.53. The zero-order valence-electron chi connectivity index (χ0n) is 14.8. The fourth-order valence-corrected chi connectivity index (χ4v) is 4.11. The number of nitrogens with zero attached hydrogens (tertiary/aromatic N) is 2. The van der Waals surface area contributed by atoms with E-state index in [4.69, 9.17) is 0 Å². The Kier molecular flexibility index (Phi) is 5.96. The molecule has 1 aliphatic carbocycles. The summed E-state index contributed by atoms with van der Waals surface area (Å²) in [7, 11) is 0. The molecule has 25 heavy (non-hydrogen) atoms. The Labute approximate surface area is 157 Å². The molecule has 5 nitrogen and oxygen atoms in total. The zero-order chi connectivity index (χ0) is 17.8. The lowest BCUT2D eigenvalue weighted by Crippen LogP contribution is -2.35. The van der Waals surface area contributed by atoms with Gasteiger partial charge in [-0.15, -0.1) is 10.2 Å². The molecule has 1 atom stereocenters. The smallest absolute Gasteiger partial charge is 0.230 e. The average Bonchev–Trinajstić information content (AvgIpc) is 3.35. The van der Waals surface area contributed by atoms with Gasteiger partial charge in [-0.2, -0.15) is 0 Å². The van der Waals surface area contributed by atoms with Gasteiger partial charge < -0.3 is 10.6 Å². The molecule has 1 fully saturated rings. The second kappa shape index (κ2) is 8.19. The summed E-state index contributed by atoms with van der Waals surface area (Å²) in [5.41, 5.74) is 2.30. The summed E-state index contributed by atoms with van der Waals surface area (Å²) < 4.78 is 0.801. The van der Waals surface area contributed by atoms with Crippen LogP contribution in [0.1, 0.15) is 45.1 Å². The van der Waals surface area contributed by atoms with Crippen molar-refractivity contribution in [1.82, 2.24) is 15.5 Å². The number of hydrogen-bond acceptors (Lipinski definition) is 6. The second-order valence-electron chi connectivity index (χ2n) is 6.76. The van der Waals surface area contributed by atoms with Crippen LogP contribution in [0.5, 0.6) is 0 Å². The number of hydrogen-bond donors (Lipinski definition) is 2. The zero-order valence-corrected chi connectivity index (χ0v) is 16.4. The maximum absolute atomic E-state index is 12.0. The first-order valence-corrected chi connectivity index (χ1v) is 10.4. The number of thioether (sulfide) groups is 1. The van der Waals surface area contributed by atoms with E-state index in [0.29, 0.717) is 17.6 Å². The SMILES string of the molecule is CC(C)c1ccc(Nc2nnc(SCC(=O)N[C@@H](C)C3CC3)s2)cc1. The van der Waals surface area contributed by atoms with Crippen molar-refractivity contribution in [2.45, 2.75) is 49.9 Å². The molecule has 7 heteroatoms. The molecular weight excluding hydrogens is 352 g/mol. The van der Waals surface area contributed by atoms with E-state index in [1.54, 1.807) is 0 Å². The van der Waals surface area contributed by atoms with E-state index < -0.39 is 0 Å². The van der Waals surface area contributed by atoms with E-state index in [-0.39, 0.29) is 11.9 Å². The lowest BCUT2D eigenvalue weighted by molar-refractivity contribution is -0.119. The number of anilines is 2. The lowest BCUT2D eigenvalue weighted by atomic mass is 10.0. The van der Waals surface area contributed by atoms with Crippen LogP contribution in [0.2, 0.25) is 0 Å². The molecular formula is C18H24N4OS2. The van der Waals surface area contributed by atoms with Gasteiger partial charge >= 0.3 is 0 Å². The van der Waals surface area contributed by atoms with E-state index in [1.165, 1.54) is 41.5 Å². The van der Waals surface area contributed by atoms with Crippen LogP contribution in [0.4, 0.5) is 10.8 Å². The molecule has 1 aromatic heterocycles. The Morgan fingerprint density at radius 2 is 1.96 bits per heavy atom. The van der Waals surface area contributed by atoms with Gasteiger partial charge in [-0.25, -0.2) is 0 Å². The van der Waals surface area contributed by atoms with Gasteiger partial charge in [-0.05, 0) is 49.3 Å². The first kappa shape index (κ1) is 18.2. The highest BCUT2D eigenvalue weighted by Crippen LogP contribution is 2.32. The standard InChI is InChI=1S/C18H24N4OS2/c1-11(2)13-6-8-15(9-7-13)20-17-21-22-18(25-17)24-10-16(23)19-12(3)14-4-5-14/h6-9,11-12,14H,4-5,10H2,1-3H3,(H,19,23)(H,20,21)/t12-/m0/s1. The molecule has 1 heterocycles. The van der Waals surface area contributed by atoms with Crippen molar-refractivity contribution >= 4 is 39.8 Å². The third-order valence-corrected chi connectivity index (χ3v) is 6.25. The van der Waals surface area contributed by atoms with Crippen LogP contribution in [-0.4, -0.2) is 27.9 Å². The maximum Gasteiger partial charge on any atom is 0.230 e. The minimum Gasteiger partial charge on any atom is -0.353 e. The summed E-state index contributed by atoms with van der Waals surface area (Å²) >= 11 is 2.90. The van der Waals surface area contributed by atoms with Gasteiger partial charge in [0.25, 0.3) is 0 Å². The third kappa shape index (κ3) is 5.44. The summed E-state index contributed by atoms with van der Waals surface area (Å²) in [6.45, 7) is 6.44. The number of amides is 1. The highest BCUT2D eigenvalue weighted by Gasteiger charge is 2.28. The molecule has 1 amide bonds. The van der Waals surface area contributed by atoms with Crippen LogP contribution in [0, 0.1) is 5.92 Å². The highest BCUT2D eigenvalue weighted by molar-refractivity contribution is 8.01. The minimum atomic E-state index is 0.0679. The van der Waals surface area contributed by atoms with Crippen LogP contribution < -0.4 is 10.6 Å². The number of carbonyl (C=O) groups is 1. The molecule has 134 valence electrons. The summed E-state index contributed by atoms with van der Waals surface area (Å²) in [5, 5.41) is 15.4. The first-order valence-electron chi connectivity index (χ1n) is 8.64. The molecule has 3 rings (SSSR count). The summed E-state index contributed by atoms with van der Waals surface area (Å²) in [4.78, 5) is 12.0. The molecule has 0 spiro atoms. The molecule has 0 saturated heterocycles. The third-order valence-electron chi connectivity index (χ3n) is 4.28. The summed E-state index contributed by atoms with van der Waals surface area (Å²) in [6, 6.07) is 8.63. The highest BCUT2D eigenvalue weighted by atomic mass is 32.2. The molecule has 1 aliphatic rings. The van der Waals surface area contributed by atoms with E-state index >= 15 is 0 Å².